The van der Waals surface area contributed by atoms with Gasteiger partial charge in [-0.2, -0.15) is 0 Å². The zero-order chi connectivity index (χ0) is 10.9. The first kappa shape index (κ1) is 11.8. The lowest BCUT2D eigenvalue weighted by molar-refractivity contribution is 0.109. The van der Waals surface area contributed by atoms with Gasteiger partial charge in [0.25, 0.3) is 0 Å². The van der Waals surface area contributed by atoms with Gasteiger partial charge in [-0.1, -0.05) is 0 Å². The molecule has 1 aromatic rings. The number of carbonyl (C=O) groups is 1. The minimum atomic E-state index is -0.319. The second-order valence-corrected chi connectivity index (χ2v) is 3.03. The molecule has 1 N–H and O–H groups in total. The van der Waals surface area contributed by atoms with Crippen LogP contribution in [0.1, 0.15) is 10.4 Å². The van der Waals surface area contributed by atoms with E-state index < -0.39 is 0 Å². The summed E-state index contributed by atoms with van der Waals surface area (Å²) in [6.07, 6.45) is 0.680. The van der Waals surface area contributed by atoms with Crippen LogP contribution in [0.4, 0.5) is 4.39 Å². The quantitative estimate of drug-likeness (QED) is 0.710. The van der Waals surface area contributed by atoms with Gasteiger partial charge in [-0.15, -0.1) is 0 Å². The maximum atomic E-state index is 12.1. The van der Waals surface area contributed by atoms with E-state index in [9.17, 15) is 9.18 Å². The highest BCUT2D eigenvalue weighted by Gasteiger charge is 1.93. The van der Waals surface area contributed by atoms with Gasteiger partial charge in [0.15, 0.2) is 0 Å². The zero-order valence-electron chi connectivity index (χ0n) is 8.41. The Morgan fingerprint density at radius 1 is 1.20 bits per heavy atom. The van der Waals surface area contributed by atoms with Crippen LogP contribution in [0.2, 0.25) is 0 Å². The minimum absolute atomic E-state index is 0.319. The summed E-state index contributed by atoms with van der Waals surface area (Å²) in [4.78, 5) is 10.00. The van der Waals surface area contributed by atoms with Gasteiger partial charge in [0.05, 0.1) is 13.2 Å². The molecule has 3 nitrogen and oxygen atoms in total. The Balaban J connectivity index is 0.000000162. The smallest absolute Gasteiger partial charge is 0.150 e. The van der Waals surface area contributed by atoms with E-state index in [0.717, 1.165) is 26.3 Å². The Morgan fingerprint density at radius 3 is 2.13 bits per heavy atom. The Labute approximate surface area is 88.2 Å². The summed E-state index contributed by atoms with van der Waals surface area (Å²) >= 11 is 0. The van der Waals surface area contributed by atoms with Crippen molar-refractivity contribution in [2.75, 3.05) is 26.3 Å². The average Bonchev–Trinajstić information content (AvgIpc) is 2.33. The highest BCUT2D eigenvalue weighted by molar-refractivity contribution is 5.74. The summed E-state index contributed by atoms with van der Waals surface area (Å²) in [7, 11) is 0. The molecule has 0 aromatic heterocycles. The van der Waals surface area contributed by atoms with Gasteiger partial charge in [-0.05, 0) is 24.3 Å². The van der Waals surface area contributed by atoms with Crippen molar-refractivity contribution < 1.29 is 13.9 Å². The molecule has 15 heavy (non-hydrogen) atoms. The van der Waals surface area contributed by atoms with E-state index in [1.807, 2.05) is 0 Å². The molecule has 0 radical (unpaired) electrons. The van der Waals surface area contributed by atoms with E-state index >= 15 is 0 Å². The molecule has 0 atom stereocenters. The third kappa shape index (κ3) is 5.24. The fourth-order valence-corrected chi connectivity index (χ4v) is 1.06. The van der Waals surface area contributed by atoms with E-state index in [-0.39, 0.29) is 5.82 Å². The second kappa shape index (κ2) is 7.09. The molecule has 0 spiro atoms. The zero-order valence-corrected chi connectivity index (χ0v) is 8.41. The summed E-state index contributed by atoms with van der Waals surface area (Å²) in [5.41, 5.74) is 0.497. The Kier molecular flexibility index (Phi) is 5.58. The SMILES string of the molecule is C1COCCN1.O=Cc1ccc(F)cc1. The molecule has 0 aliphatic carbocycles. The molecule has 1 aliphatic rings. The van der Waals surface area contributed by atoms with Gasteiger partial charge >= 0.3 is 0 Å². The molecule has 0 unspecified atom stereocenters. The number of nitrogens with one attached hydrogen (secondary N) is 1. The van der Waals surface area contributed by atoms with Gasteiger partial charge in [0.2, 0.25) is 0 Å². The molecule has 1 aromatic carbocycles. The molecule has 0 bridgehead atoms. The molecule has 1 saturated heterocycles. The first-order valence-electron chi connectivity index (χ1n) is 4.82. The van der Waals surface area contributed by atoms with E-state index in [2.05, 4.69) is 5.32 Å². The van der Waals surface area contributed by atoms with Crippen molar-refractivity contribution in [3.8, 4) is 0 Å². The molecule has 1 heterocycles. The average molecular weight is 211 g/mol. The second-order valence-electron chi connectivity index (χ2n) is 3.03. The Morgan fingerprint density at radius 2 is 1.80 bits per heavy atom. The number of hydrogen-bond acceptors (Lipinski definition) is 3. The number of hydrogen-bond donors (Lipinski definition) is 1. The number of carbonyl (C=O) groups excluding carboxylic acids is 1. The fraction of sp³-hybridized carbons (Fsp3) is 0.364. The van der Waals surface area contributed by atoms with Crippen LogP contribution in [0.15, 0.2) is 24.3 Å². The summed E-state index contributed by atoms with van der Waals surface area (Å²) in [6, 6.07) is 5.37. The van der Waals surface area contributed by atoms with Crippen LogP contribution in [0, 0.1) is 5.82 Å². The van der Waals surface area contributed by atoms with E-state index in [4.69, 9.17) is 4.74 Å². The van der Waals surface area contributed by atoms with Crippen molar-refractivity contribution >= 4 is 6.29 Å². The maximum absolute atomic E-state index is 12.1. The normalized spacial score (nSPS) is 15.0. The van der Waals surface area contributed by atoms with Crippen LogP contribution in [0.3, 0.4) is 0 Å². The molecule has 0 amide bonds. The third-order valence-corrected chi connectivity index (χ3v) is 1.85. The van der Waals surface area contributed by atoms with Crippen molar-refractivity contribution in [3.63, 3.8) is 0 Å². The predicted molar refractivity (Wildman–Crippen MR) is 55.5 cm³/mol. The molecule has 4 heteroatoms. The molecular weight excluding hydrogens is 197 g/mol. The lowest BCUT2D eigenvalue weighted by Crippen LogP contribution is -2.30. The number of benzene rings is 1. The first-order chi connectivity index (χ1) is 7.33. The number of ether oxygens (including phenoxy) is 1. The standard InChI is InChI=1S/C7H5FO.C4H9NO/c8-7-3-1-6(5-9)2-4-7;1-3-6-4-2-5-1/h1-5H;5H,1-4H2. The summed E-state index contributed by atoms with van der Waals surface area (Å²) in [6.45, 7) is 3.83. The number of aldehydes is 1. The van der Waals surface area contributed by atoms with Crippen molar-refractivity contribution in [1.82, 2.24) is 5.32 Å². The highest BCUT2D eigenvalue weighted by Crippen LogP contribution is 1.98. The van der Waals surface area contributed by atoms with Crippen molar-refractivity contribution in [2.24, 2.45) is 0 Å². The third-order valence-electron chi connectivity index (χ3n) is 1.85. The number of halogens is 1. The monoisotopic (exact) mass is 211 g/mol. The summed E-state index contributed by atoms with van der Waals surface area (Å²) in [5, 5.41) is 3.16. The largest absolute Gasteiger partial charge is 0.379 e. The molecule has 1 aliphatic heterocycles. The van der Waals surface area contributed by atoms with E-state index in [0.29, 0.717) is 11.8 Å². The Bertz CT molecular complexity index is 272. The lowest BCUT2D eigenvalue weighted by Gasteiger charge is -2.10. The molecule has 1 fully saturated rings. The topological polar surface area (TPSA) is 38.3 Å². The summed E-state index contributed by atoms with van der Waals surface area (Å²) < 4.78 is 17.1. The maximum Gasteiger partial charge on any atom is 0.150 e. The van der Waals surface area contributed by atoms with Gasteiger partial charge in [0.1, 0.15) is 12.1 Å². The van der Waals surface area contributed by atoms with Crippen LogP contribution in [-0.4, -0.2) is 32.6 Å². The summed E-state index contributed by atoms with van der Waals surface area (Å²) in [5.74, 6) is -0.319. The van der Waals surface area contributed by atoms with E-state index in [1.165, 1.54) is 24.3 Å². The predicted octanol–water partition coefficient (Wildman–Crippen LogP) is 1.24. The van der Waals surface area contributed by atoms with Gasteiger partial charge < -0.3 is 10.1 Å². The van der Waals surface area contributed by atoms with Crippen LogP contribution < -0.4 is 5.32 Å². The van der Waals surface area contributed by atoms with Crippen LogP contribution in [0.5, 0.6) is 0 Å². The first-order valence-corrected chi connectivity index (χ1v) is 4.82. The van der Waals surface area contributed by atoms with Gasteiger partial charge in [0, 0.05) is 18.7 Å². The van der Waals surface area contributed by atoms with Gasteiger partial charge in [-0.25, -0.2) is 4.39 Å². The molecular formula is C11H14FNO2. The van der Waals surface area contributed by atoms with E-state index in [1.54, 1.807) is 0 Å². The molecule has 2 rings (SSSR count). The number of morpholine rings is 1. The van der Waals surface area contributed by atoms with Crippen molar-refractivity contribution in [2.45, 2.75) is 0 Å². The minimum Gasteiger partial charge on any atom is -0.379 e. The Hall–Kier alpha value is -1.26. The molecule has 0 saturated carbocycles. The van der Waals surface area contributed by atoms with Crippen LogP contribution >= 0.6 is 0 Å². The van der Waals surface area contributed by atoms with Crippen molar-refractivity contribution in [1.29, 1.82) is 0 Å². The lowest BCUT2D eigenvalue weighted by atomic mass is 10.2. The van der Waals surface area contributed by atoms with Crippen LogP contribution in [-0.2, 0) is 4.74 Å². The van der Waals surface area contributed by atoms with Crippen LogP contribution in [0.25, 0.3) is 0 Å². The number of rotatable bonds is 1. The van der Waals surface area contributed by atoms with Crippen molar-refractivity contribution in [3.05, 3.63) is 35.6 Å². The fourth-order valence-electron chi connectivity index (χ4n) is 1.06. The highest BCUT2D eigenvalue weighted by atomic mass is 19.1. The van der Waals surface area contributed by atoms with Gasteiger partial charge in [-0.3, -0.25) is 4.79 Å². The molecule has 82 valence electrons.